The van der Waals surface area contributed by atoms with Gasteiger partial charge in [0.2, 0.25) is 0 Å². The number of rotatable bonds is 5. The molecule has 0 bridgehead atoms. The Balaban J connectivity index is 1.95. The predicted molar refractivity (Wildman–Crippen MR) is 91.6 cm³/mol. The minimum Gasteiger partial charge on any atom is -0.495 e. The summed E-state index contributed by atoms with van der Waals surface area (Å²) in [4.78, 5) is 15.7. The van der Waals surface area contributed by atoms with Crippen molar-refractivity contribution in [3.05, 3.63) is 53.9 Å². The number of carbonyl (C=O) groups excluding carboxylic acids is 1. The van der Waals surface area contributed by atoms with Gasteiger partial charge in [-0.2, -0.15) is 0 Å². The number of carbonyl (C=O) groups is 1. The van der Waals surface area contributed by atoms with Gasteiger partial charge in [0.25, 0.3) is 0 Å². The lowest BCUT2D eigenvalue weighted by molar-refractivity contribution is 0.0600. The highest BCUT2D eigenvalue weighted by Crippen LogP contribution is 2.22. The van der Waals surface area contributed by atoms with Gasteiger partial charge < -0.3 is 20.1 Å². The second kappa shape index (κ2) is 8.09. The Morgan fingerprint density at radius 3 is 2.78 bits per heavy atom. The number of nitrogens with one attached hydrogen (secondary N) is 2. The molecule has 0 amide bonds. The van der Waals surface area contributed by atoms with Gasteiger partial charge in [0.1, 0.15) is 5.75 Å². The summed E-state index contributed by atoms with van der Waals surface area (Å²) in [5.74, 6) is 0.297. The van der Waals surface area contributed by atoms with Gasteiger partial charge in [0.05, 0.1) is 37.7 Å². The molecule has 0 unspecified atom stereocenters. The smallest absolute Gasteiger partial charge is 0.337 e. The van der Waals surface area contributed by atoms with Crippen LogP contribution in [0.25, 0.3) is 0 Å². The summed E-state index contributed by atoms with van der Waals surface area (Å²) in [6.45, 7) is 0.381. The Kier molecular flexibility index (Phi) is 5.87. The normalized spacial score (nSPS) is 9.83. The summed E-state index contributed by atoms with van der Waals surface area (Å²) in [5, 5.41) is 6.52. The van der Waals surface area contributed by atoms with Gasteiger partial charge in [-0.15, -0.1) is 0 Å². The third-order valence-electron chi connectivity index (χ3n) is 3.02. The van der Waals surface area contributed by atoms with Crippen molar-refractivity contribution >= 4 is 29.0 Å². The van der Waals surface area contributed by atoms with E-state index in [-0.39, 0.29) is 0 Å². The van der Waals surface area contributed by atoms with E-state index in [2.05, 4.69) is 20.4 Å². The fraction of sp³-hybridized carbons (Fsp3) is 0.188. The van der Waals surface area contributed by atoms with E-state index < -0.39 is 5.97 Å². The number of aromatic nitrogens is 1. The van der Waals surface area contributed by atoms with Gasteiger partial charge >= 0.3 is 5.97 Å². The highest BCUT2D eigenvalue weighted by atomic mass is 32.1. The first-order valence-electron chi connectivity index (χ1n) is 6.85. The lowest BCUT2D eigenvalue weighted by atomic mass is 10.2. The van der Waals surface area contributed by atoms with Crippen LogP contribution in [0.1, 0.15) is 16.1 Å². The quantitative estimate of drug-likeness (QED) is 0.643. The molecule has 1 aromatic heterocycles. The maximum absolute atomic E-state index is 11.5. The van der Waals surface area contributed by atoms with Crippen molar-refractivity contribution in [1.29, 1.82) is 0 Å². The maximum Gasteiger partial charge on any atom is 0.337 e. The molecular formula is C16H17N3O3S. The molecule has 0 aliphatic rings. The Bertz CT molecular complexity index is 706. The Hall–Kier alpha value is -2.67. The number of hydrogen-bond donors (Lipinski definition) is 2. The topological polar surface area (TPSA) is 72.5 Å². The van der Waals surface area contributed by atoms with Crippen molar-refractivity contribution in [2.24, 2.45) is 0 Å². The van der Waals surface area contributed by atoms with Crippen LogP contribution < -0.4 is 15.4 Å². The first-order chi connectivity index (χ1) is 11.1. The van der Waals surface area contributed by atoms with Crippen LogP contribution in [0.4, 0.5) is 5.69 Å². The monoisotopic (exact) mass is 331 g/mol. The van der Waals surface area contributed by atoms with Crippen molar-refractivity contribution in [2.75, 3.05) is 19.5 Å². The summed E-state index contributed by atoms with van der Waals surface area (Å²) in [6.07, 6.45) is 1.56. The number of methoxy groups -OCH3 is 2. The van der Waals surface area contributed by atoms with E-state index in [0.717, 1.165) is 5.69 Å². The molecule has 0 spiro atoms. The van der Waals surface area contributed by atoms with Crippen LogP contribution in [0.3, 0.4) is 0 Å². The van der Waals surface area contributed by atoms with Crippen LogP contribution in [-0.2, 0) is 11.3 Å². The van der Waals surface area contributed by atoms with E-state index in [4.69, 9.17) is 17.0 Å². The highest BCUT2D eigenvalue weighted by Gasteiger charge is 2.07. The molecule has 7 heteroatoms. The first kappa shape index (κ1) is 16.7. The third-order valence-corrected chi connectivity index (χ3v) is 3.27. The Labute approximate surface area is 139 Å². The number of esters is 1. The highest BCUT2D eigenvalue weighted by molar-refractivity contribution is 7.80. The molecule has 0 saturated heterocycles. The van der Waals surface area contributed by atoms with Crippen molar-refractivity contribution in [1.82, 2.24) is 10.3 Å². The molecule has 0 aliphatic carbocycles. The summed E-state index contributed by atoms with van der Waals surface area (Å²) in [5.41, 5.74) is 1.89. The summed E-state index contributed by atoms with van der Waals surface area (Å²) < 4.78 is 9.93. The second-order valence-corrected chi connectivity index (χ2v) is 4.94. The van der Waals surface area contributed by atoms with Crippen LogP contribution in [0, 0.1) is 0 Å². The van der Waals surface area contributed by atoms with Crippen LogP contribution in [-0.4, -0.2) is 30.3 Å². The van der Waals surface area contributed by atoms with E-state index in [9.17, 15) is 4.79 Å². The van der Waals surface area contributed by atoms with Crippen molar-refractivity contribution in [3.8, 4) is 5.75 Å². The molecule has 1 aromatic carbocycles. The minimum absolute atomic E-state index is 0.381. The number of para-hydroxylation sites is 2. The molecule has 0 atom stereocenters. The second-order valence-electron chi connectivity index (χ2n) is 4.54. The minimum atomic E-state index is -0.400. The molecule has 0 radical (unpaired) electrons. The molecular weight excluding hydrogens is 314 g/mol. The molecule has 1 heterocycles. The fourth-order valence-corrected chi connectivity index (χ4v) is 2.09. The average molecular weight is 331 g/mol. The lowest BCUT2D eigenvalue weighted by Crippen LogP contribution is -2.28. The van der Waals surface area contributed by atoms with Crippen LogP contribution >= 0.6 is 12.2 Å². The number of nitrogens with zero attached hydrogens (tertiary/aromatic N) is 1. The molecule has 120 valence electrons. The van der Waals surface area contributed by atoms with Crippen molar-refractivity contribution in [2.45, 2.75) is 6.54 Å². The SMILES string of the molecule is COC(=O)c1ccnc(CNC(=S)Nc2ccccc2OC)c1. The van der Waals surface area contributed by atoms with Gasteiger partial charge in [-0.25, -0.2) is 4.79 Å². The number of anilines is 1. The third kappa shape index (κ3) is 4.65. The van der Waals surface area contributed by atoms with E-state index in [1.54, 1.807) is 25.4 Å². The Morgan fingerprint density at radius 2 is 2.04 bits per heavy atom. The molecule has 0 saturated carbocycles. The first-order valence-corrected chi connectivity index (χ1v) is 7.26. The fourth-order valence-electron chi connectivity index (χ4n) is 1.90. The number of thiocarbonyl (C=S) groups is 1. The molecule has 23 heavy (non-hydrogen) atoms. The molecule has 2 aromatic rings. The number of hydrogen-bond acceptors (Lipinski definition) is 5. The molecule has 2 N–H and O–H groups in total. The zero-order valence-electron chi connectivity index (χ0n) is 12.8. The number of pyridine rings is 1. The molecule has 6 nitrogen and oxygen atoms in total. The standard InChI is InChI=1S/C16H17N3O3S/c1-21-14-6-4-3-5-13(14)19-16(23)18-10-12-9-11(7-8-17-12)15(20)22-2/h3-9H,10H2,1-2H3,(H2,18,19,23). The van der Waals surface area contributed by atoms with E-state index in [1.807, 2.05) is 24.3 Å². The summed E-state index contributed by atoms with van der Waals surface area (Å²) >= 11 is 5.25. The molecule has 0 aliphatic heterocycles. The zero-order valence-corrected chi connectivity index (χ0v) is 13.6. The largest absolute Gasteiger partial charge is 0.495 e. The van der Waals surface area contributed by atoms with Gasteiger partial charge in [0, 0.05) is 6.20 Å². The predicted octanol–water partition coefficient (Wildman–Crippen LogP) is 2.36. The van der Waals surface area contributed by atoms with Crippen molar-refractivity contribution in [3.63, 3.8) is 0 Å². The summed E-state index contributed by atoms with van der Waals surface area (Å²) in [7, 11) is 2.94. The van der Waals surface area contributed by atoms with E-state index >= 15 is 0 Å². The van der Waals surface area contributed by atoms with Crippen LogP contribution in [0.5, 0.6) is 5.75 Å². The number of benzene rings is 1. The van der Waals surface area contributed by atoms with E-state index in [1.165, 1.54) is 7.11 Å². The van der Waals surface area contributed by atoms with Crippen LogP contribution in [0.2, 0.25) is 0 Å². The molecule has 2 rings (SSSR count). The lowest BCUT2D eigenvalue weighted by Gasteiger charge is -2.13. The summed E-state index contributed by atoms with van der Waals surface area (Å²) in [6, 6.07) is 10.7. The van der Waals surface area contributed by atoms with Gasteiger partial charge in [-0.1, -0.05) is 12.1 Å². The average Bonchev–Trinajstić information content (AvgIpc) is 2.60. The van der Waals surface area contributed by atoms with E-state index in [0.29, 0.717) is 28.7 Å². The zero-order chi connectivity index (χ0) is 16.7. The maximum atomic E-state index is 11.5. The van der Waals surface area contributed by atoms with Gasteiger partial charge in [-0.3, -0.25) is 4.98 Å². The van der Waals surface area contributed by atoms with Gasteiger partial charge in [0.15, 0.2) is 5.11 Å². The van der Waals surface area contributed by atoms with Crippen molar-refractivity contribution < 1.29 is 14.3 Å². The number of ether oxygens (including phenoxy) is 2. The molecule has 0 fully saturated rings. The Morgan fingerprint density at radius 1 is 1.26 bits per heavy atom. The van der Waals surface area contributed by atoms with Gasteiger partial charge in [-0.05, 0) is 36.5 Å². The van der Waals surface area contributed by atoms with Crippen LogP contribution in [0.15, 0.2) is 42.6 Å².